The van der Waals surface area contributed by atoms with Crippen LogP contribution in [0.2, 0.25) is 0 Å². The first-order chi connectivity index (χ1) is 6.05. The predicted molar refractivity (Wildman–Crippen MR) is 51.8 cm³/mol. The van der Waals surface area contributed by atoms with E-state index in [1.807, 2.05) is 0 Å². The highest BCUT2D eigenvalue weighted by atomic mass is 35.5. The van der Waals surface area contributed by atoms with E-state index in [1.165, 1.54) is 0 Å². The van der Waals surface area contributed by atoms with Gasteiger partial charge < -0.3 is 5.32 Å². The van der Waals surface area contributed by atoms with E-state index in [9.17, 15) is 0 Å². The molecule has 0 atom stereocenters. The summed E-state index contributed by atoms with van der Waals surface area (Å²) in [7, 11) is 1.79. The number of anilines is 1. The lowest BCUT2D eigenvalue weighted by molar-refractivity contribution is 0.448. The van der Waals surface area contributed by atoms with E-state index in [4.69, 9.17) is 11.6 Å². The van der Waals surface area contributed by atoms with Crippen molar-refractivity contribution in [2.24, 2.45) is 12.5 Å². The maximum absolute atomic E-state index is 5.77. The van der Waals surface area contributed by atoms with Gasteiger partial charge in [-0.25, -0.2) is 4.68 Å². The van der Waals surface area contributed by atoms with E-state index < -0.39 is 0 Å². The van der Waals surface area contributed by atoms with Gasteiger partial charge in [-0.15, -0.1) is 11.6 Å². The highest BCUT2D eigenvalue weighted by Crippen LogP contribution is 2.16. The number of aromatic nitrogens is 4. The standard InChI is InChI=1S/C7H14ClN5/c1-7(2,4-8)5-9-6-10-11-12-13(6)3/h4-5H2,1-3H3,(H,9,10,12). The van der Waals surface area contributed by atoms with Crippen molar-refractivity contribution in [2.75, 3.05) is 17.7 Å². The van der Waals surface area contributed by atoms with Crippen molar-refractivity contribution in [3.05, 3.63) is 0 Å². The molecule has 0 aliphatic rings. The third-order valence-electron chi connectivity index (χ3n) is 1.71. The summed E-state index contributed by atoms with van der Waals surface area (Å²) in [4.78, 5) is 0. The first kappa shape index (κ1) is 10.2. The highest BCUT2D eigenvalue weighted by molar-refractivity contribution is 6.18. The van der Waals surface area contributed by atoms with Gasteiger partial charge in [0.15, 0.2) is 0 Å². The van der Waals surface area contributed by atoms with Crippen LogP contribution in [-0.4, -0.2) is 32.6 Å². The molecule has 0 aliphatic carbocycles. The van der Waals surface area contributed by atoms with Crippen LogP contribution >= 0.6 is 11.6 Å². The molecule has 74 valence electrons. The molecule has 0 saturated heterocycles. The second-order valence-electron chi connectivity index (χ2n) is 3.78. The maximum atomic E-state index is 5.77. The Balaban J connectivity index is 2.48. The van der Waals surface area contributed by atoms with E-state index in [2.05, 4.69) is 34.7 Å². The summed E-state index contributed by atoms with van der Waals surface area (Å²) in [5.41, 5.74) is 0.0491. The summed E-state index contributed by atoms with van der Waals surface area (Å²) >= 11 is 5.77. The molecule has 5 nitrogen and oxygen atoms in total. The van der Waals surface area contributed by atoms with Crippen LogP contribution in [-0.2, 0) is 7.05 Å². The summed E-state index contributed by atoms with van der Waals surface area (Å²) in [6, 6.07) is 0. The Kier molecular flexibility index (Phi) is 3.08. The Morgan fingerprint density at radius 1 is 1.54 bits per heavy atom. The molecule has 0 unspecified atom stereocenters. The summed E-state index contributed by atoms with van der Waals surface area (Å²) in [6.07, 6.45) is 0. The number of rotatable bonds is 4. The van der Waals surface area contributed by atoms with Gasteiger partial charge in [-0.1, -0.05) is 18.9 Å². The average molecular weight is 204 g/mol. The maximum Gasteiger partial charge on any atom is 0.242 e. The Morgan fingerprint density at radius 3 is 2.69 bits per heavy atom. The average Bonchev–Trinajstić information content (AvgIpc) is 2.48. The van der Waals surface area contributed by atoms with Crippen molar-refractivity contribution in [2.45, 2.75) is 13.8 Å². The SMILES string of the molecule is Cn1nnnc1NCC(C)(C)CCl. The van der Waals surface area contributed by atoms with Crippen molar-refractivity contribution in [3.8, 4) is 0 Å². The number of hydrogen-bond acceptors (Lipinski definition) is 4. The first-order valence-corrected chi connectivity index (χ1v) is 4.61. The van der Waals surface area contributed by atoms with Crippen LogP contribution in [0.15, 0.2) is 0 Å². The minimum absolute atomic E-state index is 0.0491. The molecular formula is C7H14ClN5. The quantitative estimate of drug-likeness (QED) is 0.739. The summed E-state index contributed by atoms with van der Waals surface area (Å²) in [6.45, 7) is 4.91. The lowest BCUT2D eigenvalue weighted by Gasteiger charge is -2.21. The third-order valence-corrected chi connectivity index (χ3v) is 2.43. The number of nitrogens with one attached hydrogen (secondary N) is 1. The second-order valence-corrected chi connectivity index (χ2v) is 4.04. The lowest BCUT2D eigenvalue weighted by atomic mass is 9.97. The van der Waals surface area contributed by atoms with Crippen LogP contribution < -0.4 is 5.32 Å². The van der Waals surface area contributed by atoms with E-state index in [0.29, 0.717) is 11.8 Å². The molecule has 0 aromatic carbocycles. The van der Waals surface area contributed by atoms with Crippen LogP contribution in [0.3, 0.4) is 0 Å². The largest absolute Gasteiger partial charge is 0.353 e. The van der Waals surface area contributed by atoms with Crippen LogP contribution in [0, 0.1) is 5.41 Å². The predicted octanol–water partition coefficient (Wildman–Crippen LogP) is 0.887. The van der Waals surface area contributed by atoms with Crippen molar-refractivity contribution in [1.82, 2.24) is 20.2 Å². The number of alkyl halides is 1. The van der Waals surface area contributed by atoms with E-state index in [-0.39, 0.29) is 5.41 Å². The van der Waals surface area contributed by atoms with Crippen LogP contribution in [0.5, 0.6) is 0 Å². The van der Waals surface area contributed by atoms with E-state index >= 15 is 0 Å². The zero-order valence-corrected chi connectivity index (χ0v) is 8.84. The fourth-order valence-electron chi connectivity index (χ4n) is 0.745. The molecule has 0 amide bonds. The Labute approximate surface area is 82.5 Å². The fourth-order valence-corrected chi connectivity index (χ4v) is 0.839. The Hall–Kier alpha value is -0.840. The number of tetrazole rings is 1. The summed E-state index contributed by atoms with van der Waals surface area (Å²) in [5, 5.41) is 14.1. The van der Waals surface area contributed by atoms with Crippen molar-refractivity contribution in [1.29, 1.82) is 0 Å². The minimum Gasteiger partial charge on any atom is -0.353 e. The molecule has 0 spiro atoms. The smallest absolute Gasteiger partial charge is 0.242 e. The number of aryl methyl sites for hydroxylation is 1. The van der Waals surface area contributed by atoms with E-state index in [1.54, 1.807) is 11.7 Å². The van der Waals surface area contributed by atoms with Gasteiger partial charge in [0.2, 0.25) is 5.95 Å². The molecule has 1 aromatic rings. The molecule has 0 fully saturated rings. The van der Waals surface area contributed by atoms with Crippen molar-refractivity contribution >= 4 is 17.5 Å². The van der Waals surface area contributed by atoms with Gasteiger partial charge in [0.25, 0.3) is 0 Å². The molecule has 1 N–H and O–H groups in total. The fraction of sp³-hybridized carbons (Fsp3) is 0.857. The van der Waals surface area contributed by atoms with Crippen LogP contribution in [0.25, 0.3) is 0 Å². The third kappa shape index (κ3) is 2.84. The molecule has 6 heteroatoms. The molecule has 13 heavy (non-hydrogen) atoms. The Bertz CT molecular complexity index is 270. The molecule has 1 rings (SSSR count). The van der Waals surface area contributed by atoms with Gasteiger partial charge in [0.05, 0.1) is 0 Å². The zero-order valence-electron chi connectivity index (χ0n) is 8.08. The Morgan fingerprint density at radius 2 is 2.23 bits per heavy atom. The molecular weight excluding hydrogens is 190 g/mol. The molecule has 1 heterocycles. The van der Waals surface area contributed by atoms with Gasteiger partial charge in [-0.3, -0.25) is 0 Å². The zero-order chi connectivity index (χ0) is 9.90. The molecule has 0 bridgehead atoms. The minimum atomic E-state index is 0.0491. The van der Waals surface area contributed by atoms with Gasteiger partial charge in [-0.2, -0.15) is 0 Å². The van der Waals surface area contributed by atoms with Gasteiger partial charge >= 0.3 is 0 Å². The van der Waals surface area contributed by atoms with E-state index in [0.717, 1.165) is 6.54 Å². The van der Waals surface area contributed by atoms with Gasteiger partial charge in [0, 0.05) is 19.5 Å². The van der Waals surface area contributed by atoms with Crippen molar-refractivity contribution < 1.29 is 0 Å². The van der Waals surface area contributed by atoms with Gasteiger partial charge in [0.1, 0.15) is 0 Å². The van der Waals surface area contributed by atoms with Crippen molar-refractivity contribution in [3.63, 3.8) is 0 Å². The monoisotopic (exact) mass is 203 g/mol. The molecule has 0 saturated carbocycles. The topological polar surface area (TPSA) is 55.6 Å². The molecule has 0 aliphatic heterocycles. The summed E-state index contributed by atoms with van der Waals surface area (Å²) < 4.78 is 1.59. The summed E-state index contributed by atoms with van der Waals surface area (Å²) in [5.74, 6) is 1.27. The highest BCUT2D eigenvalue weighted by Gasteiger charge is 2.16. The molecule has 1 aromatic heterocycles. The van der Waals surface area contributed by atoms with Gasteiger partial charge in [-0.05, 0) is 15.8 Å². The van der Waals surface area contributed by atoms with Crippen LogP contribution in [0.4, 0.5) is 5.95 Å². The normalized spacial score (nSPS) is 11.7. The van der Waals surface area contributed by atoms with Crippen LogP contribution in [0.1, 0.15) is 13.8 Å². The first-order valence-electron chi connectivity index (χ1n) is 4.07. The lowest BCUT2D eigenvalue weighted by Crippen LogP contribution is -2.25. The number of hydrogen-bond donors (Lipinski definition) is 1. The number of halogens is 1. The molecule has 0 radical (unpaired) electrons. The number of nitrogens with zero attached hydrogens (tertiary/aromatic N) is 4. The second kappa shape index (κ2) is 3.91.